The molecule has 0 aliphatic rings. The highest BCUT2D eigenvalue weighted by Gasteiger charge is 2.29. The Morgan fingerprint density at radius 2 is 2.04 bits per heavy atom. The Kier molecular flexibility index (Phi) is 7.75. The molecule has 0 fully saturated rings. The second kappa shape index (κ2) is 10.0. The molecule has 0 radical (unpaired) electrons. The molecule has 1 unspecified atom stereocenters. The summed E-state index contributed by atoms with van der Waals surface area (Å²) in [6.07, 6.45) is 7.98. The first-order valence-electron chi connectivity index (χ1n) is 8.75. The van der Waals surface area contributed by atoms with Crippen LogP contribution in [0.25, 0.3) is 10.9 Å². The Labute approximate surface area is 161 Å². The van der Waals surface area contributed by atoms with Crippen molar-refractivity contribution in [1.29, 1.82) is 0 Å². The van der Waals surface area contributed by atoms with E-state index in [1.165, 1.54) is 18.3 Å². The molecule has 0 aliphatic carbocycles. The van der Waals surface area contributed by atoms with Gasteiger partial charge in [0.1, 0.15) is 5.52 Å². The van der Waals surface area contributed by atoms with Crippen LogP contribution in [0.1, 0.15) is 26.2 Å². The summed E-state index contributed by atoms with van der Waals surface area (Å²) in [6, 6.07) is 3.89. The van der Waals surface area contributed by atoms with Gasteiger partial charge in [-0.1, -0.05) is 37.0 Å². The van der Waals surface area contributed by atoms with Gasteiger partial charge in [0.15, 0.2) is 11.6 Å². The predicted octanol–water partition coefficient (Wildman–Crippen LogP) is 6.35. The highest BCUT2D eigenvalue weighted by Crippen LogP contribution is 2.28. The van der Waals surface area contributed by atoms with Crippen molar-refractivity contribution in [2.24, 2.45) is 0 Å². The number of hydrogen-bond donors (Lipinski definition) is 1. The lowest BCUT2D eigenvalue weighted by Gasteiger charge is -2.29. The summed E-state index contributed by atoms with van der Waals surface area (Å²) in [5.74, 6) is -2.03. The normalized spacial score (nSPS) is 14.2. The van der Waals surface area contributed by atoms with Gasteiger partial charge in [-0.25, -0.2) is 17.6 Å². The Hall–Kier alpha value is -2.67. The van der Waals surface area contributed by atoms with Crippen LogP contribution < -0.4 is 5.48 Å². The lowest BCUT2D eigenvalue weighted by atomic mass is 9.96. The van der Waals surface area contributed by atoms with Crippen LogP contribution in [0.5, 0.6) is 0 Å². The monoisotopic (exact) mass is 394 g/mol. The molecular formula is C21H22F4N2O. The highest BCUT2D eigenvalue weighted by molar-refractivity contribution is 5.82. The zero-order valence-electron chi connectivity index (χ0n) is 15.5. The van der Waals surface area contributed by atoms with Gasteiger partial charge in [0.05, 0.1) is 17.5 Å². The summed E-state index contributed by atoms with van der Waals surface area (Å²) in [4.78, 5) is 9.43. The van der Waals surface area contributed by atoms with Crippen molar-refractivity contribution in [1.82, 2.24) is 4.98 Å². The molecule has 28 heavy (non-hydrogen) atoms. The maximum Gasteiger partial charge on any atom is 0.241 e. The van der Waals surface area contributed by atoms with Crippen molar-refractivity contribution >= 4 is 16.6 Å². The number of fused-ring (bicyclic) bond motifs is 1. The van der Waals surface area contributed by atoms with E-state index in [0.29, 0.717) is 23.9 Å². The topological polar surface area (TPSA) is 34.1 Å². The maximum atomic E-state index is 13.7. The minimum Gasteiger partial charge on any atom is -0.270 e. The average molecular weight is 394 g/mol. The van der Waals surface area contributed by atoms with E-state index in [1.807, 2.05) is 6.08 Å². The van der Waals surface area contributed by atoms with Crippen LogP contribution in [0.4, 0.5) is 23.2 Å². The molecule has 7 heteroatoms. The van der Waals surface area contributed by atoms with Gasteiger partial charge < -0.3 is 0 Å². The Balaban J connectivity index is 2.06. The van der Waals surface area contributed by atoms with Crippen LogP contribution in [0.15, 0.2) is 61.4 Å². The number of alkyl halides is 2. The second-order valence-corrected chi connectivity index (χ2v) is 6.49. The van der Waals surface area contributed by atoms with Crippen LogP contribution in [-0.2, 0) is 4.84 Å². The minimum atomic E-state index is -2.54. The first kappa shape index (κ1) is 21.6. The Bertz CT molecular complexity index is 867. The summed E-state index contributed by atoms with van der Waals surface area (Å²) in [6.45, 7) is 5.14. The van der Waals surface area contributed by atoms with Gasteiger partial charge in [-0.2, -0.15) is 0 Å². The number of benzene rings is 1. The molecule has 0 spiro atoms. The third-order valence-corrected chi connectivity index (χ3v) is 4.08. The lowest BCUT2D eigenvalue weighted by Crippen LogP contribution is -2.33. The summed E-state index contributed by atoms with van der Waals surface area (Å²) in [5.41, 5.74) is 1.72. The van der Waals surface area contributed by atoms with E-state index in [4.69, 9.17) is 4.84 Å². The first-order chi connectivity index (χ1) is 13.3. The summed E-state index contributed by atoms with van der Waals surface area (Å²) in [7, 11) is 0. The number of hydrogen-bond acceptors (Lipinski definition) is 3. The summed E-state index contributed by atoms with van der Waals surface area (Å²) < 4.78 is 52.9. The number of anilines is 1. The van der Waals surface area contributed by atoms with Gasteiger partial charge in [-0.05, 0) is 38.0 Å². The highest BCUT2D eigenvalue weighted by atomic mass is 19.3. The van der Waals surface area contributed by atoms with Crippen molar-refractivity contribution < 1.29 is 22.4 Å². The summed E-state index contributed by atoms with van der Waals surface area (Å²) >= 11 is 0. The van der Waals surface area contributed by atoms with Crippen molar-refractivity contribution in [3.8, 4) is 0 Å². The van der Waals surface area contributed by atoms with Crippen LogP contribution in [-0.4, -0.2) is 17.0 Å². The van der Waals surface area contributed by atoms with E-state index in [2.05, 4.69) is 17.0 Å². The van der Waals surface area contributed by atoms with E-state index in [0.717, 1.165) is 6.07 Å². The van der Waals surface area contributed by atoms with Crippen LogP contribution in [0.2, 0.25) is 0 Å². The zero-order valence-corrected chi connectivity index (χ0v) is 15.5. The molecule has 2 aromatic rings. The fourth-order valence-corrected chi connectivity index (χ4v) is 2.61. The van der Waals surface area contributed by atoms with Gasteiger partial charge in [-0.3, -0.25) is 15.3 Å². The van der Waals surface area contributed by atoms with Gasteiger partial charge in [0.25, 0.3) is 0 Å². The van der Waals surface area contributed by atoms with Gasteiger partial charge in [0, 0.05) is 11.8 Å². The number of nitrogens with one attached hydrogen (secondary N) is 1. The van der Waals surface area contributed by atoms with Crippen molar-refractivity contribution in [3.63, 3.8) is 0 Å². The molecule has 0 saturated carbocycles. The van der Waals surface area contributed by atoms with E-state index >= 15 is 0 Å². The lowest BCUT2D eigenvalue weighted by molar-refractivity contribution is -0.0480. The molecular weight excluding hydrogens is 372 g/mol. The fourth-order valence-electron chi connectivity index (χ4n) is 2.61. The molecule has 2 rings (SSSR count). The molecule has 0 amide bonds. The minimum absolute atomic E-state index is 0.112. The van der Waals surface area contributed by atoms with Crippen LogP contribution >= 0.6 is 0 Å². The number of pyridine rings is 1. The van der Waals surface area contributed by atoms with Crippen LogP contribution in [0, 0.1) is 11.6 Å². The molecule has 0 bridgehead atoms. The van der Waals surface area contributed by atoms with Gasteiger partial charge in [0.2, 0.25) is 6.43 Å². The van der Waals surface area contributed by atoms with E-state index in [-0.39, 0.29) is 5.52 Å². The molecule has 150 valence electrons. The molecule has 1 aromatic heterocycles. The number of aromatic nitrogens is 1. The molecule has 0 aliphatic heterocycles. The zero-order chi connectivity index (χ0) is 20.6. The van der Waals surface area contributed by atoms with Gasteiger partial charge >= 0.3 is 0 Å². The van der Waals surface area contributed by atoms with E-state index < -0.39 is 30.1 Å². The third-order valence-electron chi connectivity index (χ3n) is 4.08. The number of halogens is 4. The van der Waals surface area contributed by atoms with Crippen LogP contribution in [0.3, 0.4) is 0 Å². The van der Waals surface area contributed by atoms with Gasteiger partial charge in [-0.15, -0.1) is 0 Å². The molecule has 3 nitrogen and oxygen atoms in total. The van der Waals surface area contributed by atoms with Crippen molar-refractivity contribution in [3.05, 3.63) is 73.0 Å². The third kappa shape index (κ3) is 6.20. The first-order valence-corrected chi connectivity index (χ1v) is 8.75. The standard InChI is InChI=1S/C21H22F4N2O/c1-3-4-5-6-7-8-11-21(2,13-18(23)24)28-27-16-12-15-9-10-17(22)19(25)20(15)26-14-16/h3-7,9-10,12,14,18,27H,1,8,11,13H2,2H3/b5-4-,7-6-. The molecule has 1 N–H and O–H groups in total. The molecule has 1 atom stereocenters. The average Bonchev–Trinajstić information content (AvgIpc) is 2.65. The number of allylic oxidation sites excluding steroid dienone is 5. The van der Waals surface area contributed by atoms with Crippen molar-refractivity contribution in [2.75, 3.05) is 5.48 Å². The Morgan fingerprint density at radius 3 is 2.75 bits per heavy atom. The fraction of sp³-hybridized carbons (Fsp3) is 0.286. The van der Waals surface area contributed by atoms with Crippen molar-refractivity contribution in [2.45, 2.75) is 38.2 Å². The predicted molar refractivity (Wildman–Crippen MR) is 103 cm³/mol. The smallest absolute Gasteiger partial charge is 0.241 e. The summed E-state index contributed by atoms with van der Waals surface area (Å²) in [5, 5.41) is 0.361. The van der Waals surface area contributed by atoms with E-state index in [9.17, 15) is 17.6 Å². The second-order valence-electron chi connectivity index (χ2n) is 6.49. The Morgan fingerprint density at radius 1 is 1.25 bits per heavy atom. The number of nitrogens with zero attached hydrogens (tertiary/aromatic N) is 1. The molecule has 1 aromatic carbocycles. The SMILES string of the molecule is C=C/C=C\C=C/CCC(C)(CC(F)F)ONc1cnc2c(F)c(F)ccc2c1. The molecule has 1 heterocycles. The molecule has 0 saturated heterocycles. The van der Waals surface area contributed by atoms with E-state index in [1.54, 1.807) is 31.2 Å². The number of rotatable bonds is 10. The quantitative estimate of drug-likeness (QED) is 0.290. The largest absolute Gasteiger partial charge is 0.270 e. The maximum absolute atomic E-state index is 13.7.